The molecule has 0 radical (unpaired) electrons. The molecule has 0 spiro atoms. The van der Waals surface area contributed by atoms with Gasteiger partial charge < -0.3 is 5.73 Å². The van der Waals surface area contributed by atoms with Gasteiger partial charge in [-0.05, 0) is 43.5 Å². The predicted molar refractivity (Wildman–Crippen MR) is 60.8 cm³/mol. The van der Waals surface area contributed by atoms with Gasteiger partial charge in [-0.1, -0.05) is 6.42 Å². The highest BCUT2D eigenvalue weighted by molar-refractivity contribution is 6.01. The van der Waals surface area contributed by atoms with Crippen LogP contribution in [0, 0.1) is 18.2 Å². The van der Waals surface area contributed by atoms with Crippen molar-refractivity contribution in [3.63, 3.8) is 0 Å². The summed E-state index contributed by atoms with van der Waals surface area (Å²) in [5.74, 6) is -0.198. The number of carbonyl (C=O) groups is 1. The number of carbonyl (C=O) groups excluding carboxylic acids is 1. The van der Waals surface area contributed by atoms with E-state index in [4.69, 9.17) is 5.73 Å². The second kappa shape index (κ2) is 3.98. The highest BCUT2D eigenvalue weighted by Crippen LogP contribution is 2.42. The molecule has 16 heavy (non-hydrogen) atoms. The van der Waals surface area contributed by atoms with Crippen LogP contribution in [0.25, 0.3) is 0 Å². The summed E-state index contributed by atoms with van der Waals surface area (Å²) in [4.78, 5) is 12.2. The molecule has 1 aliphatic carbocycles. The van der Waals surface area contributed by atoms with Gasteiger partial charge in [-0.15, -0.1) is 0 Å². The van der Waals surface area contributed by atoms with E-state index in [1.54, 1.807) is 19.1 Å². The Morgan fingerprint density at radius 3 is 2.62 bits per heavy atom. The van der Waals surface area contributed by atoms with E-state index >= 15 is 0 Å². The van der Waals surface area contributed by atoms with E-state index in [9.17, 15) is 9.18 Å². The van der Waals surface area contributed by atoms with Gasteiger partial charge in [-0.2, -0.15) is 0 Å². The molecule has 1 fully saturated rings. The number of halogens is 1. The van der Waals surface area contributed by atoms with Crippen molar-refractivity contribution in [2.24, 2.45) is 11.1 Å². The molecule has 0 unspecified atom stereocenters. The Balaban J connectivity index is 2.30. The van der Waals surface area contributed by atoms with Crippen molar-refractivity contribution in [2.45, 2.75) is 26.2 Å². The smallest absolute Gasteiger partial charge is 0.170 e. The van der Waals surface area contributed by atoms with Crippen LogP contribution in [0.1, 0.15) is 35.2 Å². The van der Waals surface area contributed by atoms with Crippen LogP contribution in [0.15, 0.2) is 18.2 Å². The molecular formula is C13H16FNO. The molecule has 1 aromatic rings. The average Bonchev–Trinajstić information content (AvgIpc) is 2.21. The predicted octanol–water partition coefficient (Wildman–Crippen LogP) is 2.45. The fraction of sp³-hybridized carbons (Fsp3) is 0.462. The fourth-order valence-electron chi connectivity index (χ4n) is 2.22. The average molecular weight is 221 g/mol. The van der Waals surface area contributed by atoms with Crippen molar-refractivity contribution in [1.82, 2.24) is 0 Å². The van der Waals surface area contributed by atoms with Gasteiger partial charge in [-0.3, -0.25) is 4.79 Å². The zero-order chi connectivity index (χ0) is 11.8. The molecule has 1 aliphatic rings. The van der Waals surface area contributed by atoms with Crippen molar-refractivity contribution in [2.75, 3.05) is 6.54 Å². The third-order valence-corrected chi connectivity index (χ3v) is 3.60. The lowest BCUT2D eigenvalue weighted by atomic mass is 9.64. The number of Topliss-reactive ketones (excluding diaryl/α,β-unsaturated/α-hetero) is 1. The molecule has 0 aliphatic heterocycles. The number of ketones is 1. The minimum absolute atomic E-state index is 0.0735. The first kappa shape index (κ1) is 11.3. The first-order valence-electron chi connectivity index (χ1n) is 5.60. The lowest BCUT2D eigenvalue weighted by molar-refractivity contribution is 0.0636. The van der Waals surface area contributed by atoms with Crippen LogP contribution in [0.3, 0.4) is 0 Å². The quantitative estimate of drug-likeness (QED) is 0.797. The highest BCUT2D eigenvalue weighted by Gasteiger charge is 2.42. The molecule has 0 atom stereocenters. The van der Waals surface area contributed by atoms with E-state index < -0.39 is 0 Å². The van der Waals surface area contributed by atoms with Crippen LogP contribution in [0.2, 0.25) is 0 Å². The van der Waals surface area contributed by atoms with Gasteiger partial charge in [0.1, 0.15) is 5.82 Å². The molecule has 0 aromatic heterocycles. The topological polar surface area (TPSA) is 43.1 Å². The van der Waals surface area contributed by atoms with Gasteiger partial charge in [0.15, 0.2) is 5.78 Å². The van der Waals surface area contributed by atoms with E-state index in [-0.39, 0.29) is 17.0 Å². The monoisotopic (exact) mass is 221 g/mol. The lowest BCUT2D eigenvalue weighted by Crippen LogP contribution is -2.44. The third kappa shape index (κ3) is 1.65. The maximum absolute atomic E-state index is 13.1. The van der Waals surface area contributed by atoms with Gasteiger partial charge in [0, 0.05) is 17.5 Å². The van der Waals surface area contributed by atoms with Gasteiger partial charge in [0.05, 0.1) is 0 Å². The Hall–Kier alpha value is -1.22. The summed E-state index contributed by atoms with van der Waals surface area (Å²) in [6, 6.07) is 4.53. The number of benzene rings is 1. The summed E-state index contributed by atoms with van der Waals surface area (Å²) in [7, 11) is 0. The third-order valence-electron chi connectivity index (χ3n) is 3.60. The van der Waals surface area contributed by atoms with Gasteiger partial charge in [0.25, 0.3) is 0 Å². The molecule has 0 amide bonds. The molecule has 0 heterocycles. The normalized spacial score (nSPS) is 17.9. The summed E-state index contributed by atoms with van der Waals surface area (Å²) in [5.41, 5.74) is 6.41. The fourth-order valence-corrected chi connectivity index (χ4v) is 2.22. The Morgan fingerprint density at radius 1 is 1.50 bits per heavy atom. The minimum Gasteiger partial charge on any atom is -0.329 e. The van der Waals surface area contributed by atoms with E-state index in [1.807, 2.05) is 0 Å². The lowest BCUT2D eigenvalue weighted by Gasteiger charge is -2.39. The van der Waals surface area contributed by atoms with Crippen molar-refractivity contribution in [1.29, 1.82) is 0 Å². The Labute approximate surface area is 94.6 Å². The first-order chi connectivity index (χ1) is 7.59. The van der Waals surface area contributed by atoms with Crippen LogP contribution in [-0.4, -0.2) is 12.3 Å². The SMILES string of the molecule is Cc1cc(C(=O)C2(CN)CCC2)ccc1F. The maximum Gasteiger partial charge on any atom is 0.170 e. The Bertz CT molecular complexity index is 418. The van der Waals surface area contributed by atoms with E-state index in [0.717, 1.165) is 19.3 Å². The van der Waals surface area contributed by atoms with Crippen LogP contribution < -0.4 is 5.73 Å². The molecule has 2 rings (SSSR count). The van der Waals surface area contributed by atoms with Gasteiger partial charge in [-0.25, -0.2) is 4.39 Å². The number of hydrogen-bond donors (Lipinski definition) is 1. The molecule has 3 heteroatoms. The van der Waals surface area contributed by atoms with E-state index in [1.165, 1.54) is 6.07 Å². The zero-order valence-corrected chi connectivity index (χ0v) is 9.42. The van der Waals surface area contributed by atoms with Crippen molar-refractivity contribution >= 4 is 5.78 Å². The molecule has 2 N–H and O–H groups in total. The minimum atomic E-state index is -0.371. The van der Waals surface area contributed by atoms with Crippen LogP contribution in [0.5, 0.6) is 0 Å². The Morgan fingerprint density at radius 2 is 2.19 bits per heavy atom. The number of aryl methyl sites for hydroxylation is 1. The van der Waals surface area contributed by atoms with Crippen molar-refractivity contribution in [3.05, 3.63) is 35.1 Å². The summed E-state index contributed by atoms with van der Waals surface area (Å²) < 4.78 is 13.1. The molecule has 1 saturated carbocycles. The largest absolute Gasteiger partial charge is 0.329 e. The van der Waals surface area contributed by atoms with Crippen molar-refractivity contribution < 1.29 is 9.18 Å². The number of nitrogens with two attached hydrogens (primary N) is 1. The molecular weight excluding hydrogens is 205 g/mol. The van der Waals surface area contributed by atoms with E-state index in [2.05, 4.69) is 0 Å². The second-order valence-corrected chi connectivity index (χ2v) is 4.63. The van der Waals surface area contributed by atoms with Gasteiger partial charge >= 0.3 is 0 Å². The zero-order valence-electron chi connectivity index (χ0n) is 9.42. The molecule has 0 saturated heterocycles. The van der Waals surface area contributed by atoms with Crippen LogP contribution in [0.4, 0.5) is 4.39 Å². The summed E-state index contributed by atoms with van der Waals surface area (Å²) in [5, 5.41) is 0. The summed E-state index contributed by atoms with van der Waals surface area (Å²) >= 11 is 0. The molecule has 1 aromatic carbocycles. The molecule has 2 nitrogen and oxygen atoms in total. The molecule has 0 bridgehead atoms. The van der Waals surface area contributed by atoms with Crippen molar-refractivity contribution in [3.8, 4) is 0 Å². The highest BCUT2D eigenvalue weighted by atomic mass is 19.1. The van der Waals surface area contributed by atoms with E-state index in [0.29, 0.717) is 17.7 Å². The Kier molecular flexibility index (Phi) is 2.80. The maximum atomic E-state index is 13.1. The number of rotatable bonds is 3. The van der Waals surface area contributed by atoms with Crippen LogP contribution in [-0.2, 0) is 0 Å². The summed E-state index contributed by atoms with van der Waals surface area (Å²) in [6.45, 7) is 2.06. The van der Waals surface area contributed by atoms with Gasteiger partial charge in [0.2, 0.25) is 0 Å². The standard InChI is InChI=1S/C13H16FNO/c1-9-7-10(3-4-11(9)14)12(16)13(8-15)5-2-6-13/h3-4,7H,2,5-6,8,15H2,1H3. The second-order valence-electron chi connectivity index (χ2n) is 4.63. The van der Waals surface area contributed by atoms with Crippen LogP contribution >= 0.6 is 0 Å². The summed E-state index contributed by atoms with van der Waals surface area (Å²) in [6.07, 6.45) is 2.78. The molecule has 86 valence electrons. The first-order valence-corrected chi connectivity index (χ1v) is 5.60. The number of hydrogen-bond acceptors (Lipinski definition) is 2.